The fourth-order valence-electron chi connectivity index (χ4n) is 6.04. The molecular formula is C26H27F2N5O2. The first-order chi connectivity index (χ1) is 16.7. The number of fused-ring (bicyclic) bond motifs is 5. The van der Waals surface area contributed by atoms with E-state index in [1.165, 1.54) is 30.6 Å². The van der Waals surface area contributed by atoms with Crippen LogP contribution >= 0.6 is 0 Å². The molecule has 0 unspecified atom stereocenters. The Morgan fingerprint density at radius 2 is 1.94 bits per heavy atom. The van der Waals surface area contributed by atoms with Crippen LogP contribution in [-0.4, -0.2) is 49.2 Å². The van der Waals surface area contributed by atoms with Crippen LogP contribution in [0.1, 0.15) is 67.0 Å². The zero-order valence-corrected chi connectivity index (χ0v) is 19.9. The van der Waals surface area contributed by atoms with Crippen molar-refractivity contribution in [1.29, 1.82) is 0 Å². The Balaban J connectivity index is 1.54. The Bertz CT molecular complexity index is 1290. The molecule has 5 rings (SSSR count). The predicted octanol–water partition coefficient (Wildman–Crippen LogP) is 4.02. The third-order valence-corrected chi connectivity index (χ3v) is 8.03. The van der Waals surface area contributed by atoms with Crippen LogP contribution in [-0.2, 0) is 12.0 Å². The normalized spacial score (nSPS) is 21.7. The monoisotopic (exact) mass is 479 g/mol. The quantitative estimate of drug-likeness (QED) is 0.574. The molecule has 2 atom stereocenters. The molecule has 182 valence electrons. The second kappa shape index (κ2) is 8.41. The molecule has 2 bridgehead atoms. The van der Waals surface area contributed by atoms with E-state index < -0.39 is 17.0 Å². The summed E-state index contributed by atoms with van der Waals surface area (Å²) < 4.78 is 28.9. The lowest BCUT2D eigenvalue weighted by molar-refractivity contribution is 0.0645. The van der Waals surface area contributed by atoms with Gasteiger partial charge >= 0.3 is 0 Å². The second-order valence-electron chi connectivity index (χ2n) is 9.90. The Morgan fingerprint density at radius 3 is 2.63 bits per heavy atom. The van der Waals surface area contributed by atoms with Gasteiger partial charge in [0.1, 0.15) is 17.3 Å². The highest BCUT2D eigenvalue weighted by molar-refractivity contribution is 5.92. The molecule has 3 aromatic rings. The van der Waals surface area contributed by atoms with Crippen molar-refractivity contribution in [2.45, 2.75) is 51.6 Å². The van der Waals surface area contributed by atoms with Gasteiger partial charge in [-0.25, -0.2) is 13.8 Å². The topological polar surface area (TPSA) is 92.1 Å². The number of halogens is 2. The Morgan fingerprint density at radius 1 is 1.20 bits per heavy atom. The SMILES string of the molecule is CCN(C[C@@]12CC[C@@H](c3cc(-c4c(F)cccc4F)nnc31)C2(C)C)C(=O)c1cncc(CO)n1. The molecule has 1 amide bonds. The number of benzene rings is 1. The highest BCUT2D eigenvalue weighted by Gasteiger charge is 2.64. The molecule has 0 saturated heterocycles. The summed E-state index contributed by atoms with van der Waals surface area (Å²) in [6.07, 6.45) is 4.54. The van der Waals surface area contributed by atoms with Gasteiger partial charge in [0.05, 0.1) is 41.6 Å². The summed E-state index contributed by atoms with van der Waals surface area (Å²) in [5.41, 5.74) is 1.54. The third kappa shape index (κ3) is 3.43. The Labute approximate surface area is 202 Å². The molecule has 1 saturated carbocycles. The number of aliphatic hydroxyl groups excluding tert-OH is 1. The number of hydrogen-bond donors (Lipinski definition) is 1. The van der Waals surface area contributed by atoms with Gasteiger partial charge in [0.15, 0.2) is 0 Å². The summed E-state index contributed by atoms with van der Waals surface area (Å²) in [6, 6.07) is 5.52. The number of aliphatic hydroxyl groups is 1. The molecule has 1 N–H and O–H groups in total. The third-order valence-electron chi connectivity index (χ3n) is 8.03. The number of carbonyl (C=O) groups excluding carboxylic acids is 1. The fourth-order valence-corrected chi connectivity index (χ4v) is 6.04. The lowest BCUT2D eigenvalue weighted by Gasteiger charge is -2.41. The van der Waals surface area contributed by atoms with Gasteiger partial charge in [0.25, 0.3) is 5.91 Å². The number of nitrogens with zero attached hydrogens (tertiary/aromatic N) is 5. The standard InChI is InChI=1S/C26H27F2N5O2/c1-4-33(24(35)21-12-29-11-15(13-34)30-21)14-26-9-8-17(25(26,2)3)16-10-20(31-32-23(16)26)22-18(27)6-5-7-19(22)28/h5-7,10-12,17,34H,4,8-9,13-14H2,1-3H3/t17-,26-/m0/s1. The van der Waals surface area contributed by atoms with E-state index in [-0.39, 0.29) is 40.8 Å². The molecule has 2 aliphatic rings. The van der Waals surface area contributed by atoms with E-state index in [1.54, 1.807) is 11.0 Å². The van der Waals surface area contributed by atoms with E-state index in [1.807, 2.05) is 6.92 Å². The van der Waals surface area contributed by atoms with Gasteiger partial charge in [0, 0.05) is 18.5 Å². The summed E-state index contributed by atoms with van der Waals surface area (Å²) in [5.74, 6) is -1.49. The highest BCUT2D eigenvalue weighted by Crippen LogP contribution is 2.67. The summed E-state index contributed by atoms with van der Waals surface area (Å²) in [5, 5.41) is 18.2. The van der Waals surface area contributed by atoms with Crippen LogP contribution in [0, 0.1) is 17.0 Å². The van der Waals surface area contributed by atoms with Crippen LogP contribution in [0.5, 0.6) is 0 Å². The molecule has 1 aromatic carbocycles. The van der Waals surface area contributed by atoms with Crippen LogP contribution in [0.3, 0.4) is 0 Å². The van der Waals surface area contributed by atoms with Crippen molar-refractivity contribution in [1.82, 2.24) is 25.1 Å². The molecule has 35 heavy (non-hydrogen) atoms. The lowest BCUT2D eigenvalue weighted by atomic mass is 9.68. The number of rotatable bonds is 6. The molecular weight excluding hydrogens is 452 g/mol. The maximum absolute atomic E-state index is 14.4. The lowest BCUT2D eigenvalue weighted by Crippen LogP contribution is -2.48. The smallest absolute Gasteiger partial charge is 0.274 e. The van der Waals surface area contributed by atoms with Crippen LogP contribution in [0.25, 0.3) is 11.3 Å². The minimum absolute atomic E-state index is 0.132. The molecule has 2 aliphatic carbocycles. The van der Waals surface area contributed by atoms with E-state index in [0.29, 0.717) is 18.8 Å². The Kier molecular flexibility index (Phi) is 5.62. The van der Waals surface area contributed by atoms with E-state index in [0.717, 1.165) is 24.1 Å². The summed E-state index contributed by atoms with van der Waals surface area (Å²) in [4.78, 5) is 23.4. The van der Waals surface area contributed by atoms with Crippen molar-refractivity contribution in [3.63, 3.8) is 0 Å². The average Bonchev–Trinajstić information content (AvgIpc) is 3.21. The van der Waals surface area contributed by atoms with E-state index in [4.69, 9.17) is 0 Å². The zero-order chi connectivity index (χ0) is 25.0. The predicted molar refractivity (Wildman–Crippen MR) is 124 cm³/mol. The van der Waals surface area contributed by atoms with Crippen LogP contribution < -0.4 is 0 Å². The first-order valence-electron chi connectivity index (χ1n) is 11.8. The van der Waals surface area contributed by atoms with Crippen molar-refractivity contribution in [3.8, 4) is 11.3 Å². The molecule has 0 aliphatic heterocycles. The van der Waals surface area contributed by atoms with Crippen molar-refractivity contribution in [2.24, 2.45) is 5.41 Å². The highest BCUT2D eigenvalue weighted by atomic mass is 19.1. The van der Waals surface area contributed by atoms with Gasteiger partial charge in [-0.15, -0.1) is 0 Å². The van der Waals surface area contributed by atoms with Gasteiger partial charge in [-0.3, -0.25) is 9.78 Å². The van der Waals surface area contributed by atoms with Crippen LogP contribution in [0.4, 0.5) is 8.78 Å². The summed E-state index contributed by atoms with van der Waals surface area (Å²) in [7, 11) is 0. The number of likely N-dealkylation sites (N-methyl/N-ethyl adjacent to an activating group) is 1. The maximum atomic E-state index is 14.4. The van der Waals surface area contributed by atoms with Crippen molar-refractivity contribution < 1.29 is 18.7 Å². The minimum atomic E-state index is -0.676. The number of amides is 1. The molecule has 2 aromatic heterocycles. The largest absolute Gasteiger partial charge is 0.390 e. The number of aromatic nitrogens is 4. The molecule has 7 nitrogen and oxygen atoms in total. The Hall–Kier alpha value is -3.33. The van der Waals surface area contributed by atoms with Crippen LogP contribution in [0.2, 0.25) is 0 Å². The van der Waals surface area contributed by atoms with E-state index in [2.05, 4.69) is 34.0 Å². The zero-order valence-electron chi connectivity index (χ0n) is 19.9. The second-order valence-corrected chi connectivity index (χ2v) is 9.90. The van der Waals surface area contributed by atoms with Gasteiger partial charge in [-0.1, -0.05) is 19.9 Å². The van der Waals surface area contributed by atoms with E-state index in [9.17, 15) is 18.7 Å². The fraction of sp³-hybridized carbons (Fsp3) is 0.423. The number of carbonyl (C=O) groups is 1. The van der Waals surface area contributed by atoms with Gasteiger partial charge in [-0.05, 0) is 54.9 Å². The summed E-state index contributed by atoms with van der Waals surface area (Å²) in [6.45, 7) is 6.80. The van der Waals surface area contributed by atoms with Crippen molar-refractivity contribution >= 4 is 5.91 Å². The van der Waals surface area contributed by atoms with Crippen molar-refractivity contribution in [3.05, 3.63) is 70.9 Å². The maximum Gasteiger partial charge on any atom is 0.274 e. The van der Waals surface area contributed by atoms with Gasteiger partial charge in [0.2, 0.25) is 0 Å². The average molecular weight is 480 g/mol. The first-order valence-corrected chi connectivity index (χ1v) is 11.8. The van der Waals surface area contributed by atoms with Gasteiger partial charge < -0.3 is 10.0 Å². The molecule has 0 radical (unpaired) electrons. The van der Waals surface area contributed by atoms with Crippen molar-refractivity contribution in [2.75, 3.05) is 13.1 Å². The number of hydrogen-bond acceptors (Lipinski definition) is 6. The van der Waals surface area contributed by atoms with Crippen LogP contribution in [0.15, 0.2) is 36.7 Å². The minimum Gasteiger partial charge on any atom is -0.390 e. The molecule has 0 spiro atoms. The molecule has 1 fully saturated rings. The van der Waals surface area contributed by atoms with E-state index >= 15 is 0 Å². The first kappa shape index (κ1) is 23.4. The van der Waals surface area contributed by atoms with Gasteiger partial charge in [-0.2, -0.15) is 10.2 Å². The molecule has 9 heteroatoms. The molecule has 2 heterocycles. The summed E-state index contributed by atoms with van der Waals surface area (Å²) >= 11 is 0.